The summed E-state index contributed by atoms with van der Waals surface area (Å²) in [5, 5.41) is 9.22. The number of carbonyl (C=O) groups excluding carboxylic acids is 2. The highest BCUT2D eigenvalue weighted by Crippen LogP contribution is 2.30. The van der Waals surface area contributed by atoms with Crippen molar-refractivity contribution in [3.63, 3.8) is 0 Å². The van der Waals surface area contributed by atoms with E-state index in [4.69, 9.17) is 4.74 Å². The first-order valence-electron chi connectivity index (χ1n) is 6.23. The van der Waals surface area contributed by atoms with Gasteiger partial charge in [-0.3, -0.25) is 9.59 Å². The molecule has 0 aromatic heterocycles. The standard InChI is InChI=1S/C13H21NO5/c1-8-6-14(11(18)19-12(2,3)4)7-13(5,9(8)15)10(16)17/h8H,6-7H2,1-5H3,(H,16,17)/t8-,13+/m0/s1. The Morgan fingerprint density at radius 1 is 1.42 bits per heavy atom. The molecule has 0 aromatic carbocycles. The Balaban J connectivity index is 2.92. The number of aliphatic carboxylic acids is 1. The number of carbonyl (C=O) groups is 3. The SMILES string of the molecule is C[C@H]1CN(C(=O)OC(C)(C)C)C[C@@](C)(C(=O)O)C1=O. The first-order chi connectivity index (χ1) is 8.47. The Bertz CT molecular complexity index is 412. The van der Waals surface area contributed by atoms with Crippen molar-refractivity contribution in [1.29, 1.82) is 0 Å². The number of carboxylic acid groups (broad SMARTS) is 1. The Labute approximate surface area is 112 Å². The number of amides is 1. The summed E-state index contributed by atoms with van der Waals surface area (Å²) in [6.07, 6.45) is -0.584. The molecule has 0 bridgehead atoms. The van der Waals surface area contributed by atoms with Crippen LogP contribution in [0.2, 0.25) is 0 Å². The molecule has 1 rings (SSSR count). The van der Waals surface area contributed by atoms with Crippen LogP contribution in [0.5, 0.6) is 0 Å². The van der Waals surface area contributed by atoms with Crippen LogP contribution >= 0.6 is 0 Å². The first kappa shape index (κ1) is 15.5. The van der Waals surface area contributed by atoms with Gasteiger partial charge in [-0.1, -0.05) is 6.92 Å². The molecular formula is C13H21NO5. The minimum atomic E-state index is -1.56. The van der Waals surface area contributed by atoms with E-state index < -0.39 is 29.0 Å². The molecule has 1 fully saturated rings. The lowest BCUT2D eigenvalue weighted by Crippen LogP contribution is -2.57. The van der Waals surface area contributed by atoms with Crippen LogP contribution in [0.4, 0.5) is 4.79 Å². The van der Waals surface area contributed by atoms with Crippen LogP contribution in [-0.4, -0.2) is 46.5 Å². The number of ether oxygens (including phenoxy) is 1. The van der Waals surface area contributed by atoms with E-state index in [-0.39, 0.29) is 18.9 Å². The van der Waals surface area contributed by atoms with Gasteiger partial charge < -0.3 is 14.7 Å². The van der Waals surface area contributed by atoms with Crippen molar-refractivity contribution in [1.82, 2.24) is 4.90 Å². The molecule has 0 aliphatic carbocycles. The molecule has 1 amide bonds. The molecular weight excluding hydrogens is 250 g/mol. The third-order valence-corrected chi connectivity index (χ3v) is 3.12. The molecule has 6 heteroatoms. The fourth-order valence-electron chi connectivity index (χ4n) is 2.12. The number of Topliss-reactive ketones (excluding diaryl/α,β-unsaturated/α-hetero) is 1. The Morgan fingerprint density at radius 2 is 1.95 bits per heavy atom. The van der Waals surface area contributed by atoms with Crippen LogP contribution in [0.15, 0.2) is 0 Å². The van der Waals surface area contributed by atoms with Gasteiger partial charge >= 0.3 is 12.1 Å². The van der Waals surface area contributed by atoms with Crippen molar-refractivity contribution in [2.75, 3.05) is 13.1 Å². The summed E-state index contributed by atoms with van der Waals surface area (Å²) in [5.74, 6) is -2.07. The third kappa shape index (κ3) is 3.24. The monoisotopic (exact) mass is 271 g/mol. The number of hydrogen-bond donors (Lipinski definition) is 1. The van der Waals surface area contributed by atoms with Gasteiger partial charge in [0.15, 0.2) is 5.78 Å². The molecule has 1 N–H and O–H groups in total. The topological polar surface area (TPSA) is 83.9 Å². The molecule has 108 valence electrons. The molecule has 2 atom stereocenters. The average Bonchev–Trinajstić information content (AvgIpc) is 2.22. The normalized spacial score (nSPS) is 28.2. The van der Waals surface area contributed by atoms with Gasteiger partial charge in [0.05, 0.1) is 0 Å². The molecule has 1 heterocycles. The predicted molar refractivity (Wildman–Crippen MR) is 67.7 cm³/mol. The van der Waals surface area contributed by atoms with Crippen LogP contribution in [-0.2, 0) is 14.3 Å². The van der Waals surface area contributed by atoms with E-state index in [0.29, 0.717) is 0 Å². The number of rotatable bonds is 1. The van der Waals surface area contributed by atoms with Gasteiger partial charge in [-0.15, -0.1) is 0 Å². The summed E-state index contributed by atoms with van der Waals surface area (Å²) in [5.41, 5.74) is -2.21. The zero-order valence-electron chi connectivity index (χ0n) is 12.0. The maximum atomic E-state index is 12.0. The largest absolute Gasteiger partial charge is 0.480 e. The molecule has 0 spiro atoms. The molecule has 0 aromatic rings. The summed E-state index contributed by atoms with van der Waals surface area (Å²) in [4.78, 5) is 36.5. The molecule has 1 aliphatic heterocycles. The van der Waals surface area contributed by atoms with E-state index >= 15 is 0 Å². The average molecular weight is 271 g/mol. The fraction of sp³-hybridized carbons (Fsp3) is 0.769. The van der Waals surface area contributed by atoms with E-state index in [2.05, 4.69) is 0 Å². The maximum absolute atomic E-state index is 12.0. The van der Waals surface area contributed by atoms with E-state index in [1.807, 2.05) is 0 Å². The molecule has 0 radical (unpaired) electrons. The van der Waals surface area contributed by atoms with Crippen molar-refractivity contribution in [3.8, 4) is 0 Å². The summed E-state index contributed by atoms with van der Waals surface area (Å²) >= 11 is 0. The highest BCUT2D eigenvalue weighted by Gasteiger charge is 2.50. The van der Waals surface area contributed by atoms with Gasteiger partial charge in [-0.05, 0) is 27.7 Å². The van der Waals surface area contributed by atoms with Crippen molar-refractivity contribution in [2.45, 2.75) is 40.2 Å². The highest BCUT2D eigenvalue weighted by molar-refractivity contribution is 6.05. The van der Waals surface area contributed by atoms with Crippen LogP contribution in [0.3, 0.4) is 0 Å². The van der Waals surface area contributed by atoms with E-state index in [1.54, 1.807) is 27.7 Å². The number of likely N-dealkylation sites (tertiary alicyclic amines) is 1. The number of piperidine rings is 1. The summed E-state index contributed by atoms with van der Waals surface area (Å²) in [6, 6.07) is 0. The van der Waals surface area contributed by atoms with Gasteiger partial charge in [0, 0.05) is 19.0 Å². The Morgan fingerprint density at radius 3 is 2.37 bits per heavy atom. The lowest BCUT2D eigenvalue weighted by Gasteiger charge is -2.39. The second-order valence-electron chi connectivity index (χ2n) is 6.26. The molecule has 1 saturated heterocycles. The minimum absolute atomic E-state index is 0.152. The molecule has 6 nitrogen and oxygen atoms in total. The molecule has 0 unspecified atom stereocenters. The molecule has 1 aliphatic rings. The van der Waals surface area contributed by atoms with E-state index in [0.717, 1.165) is 0 Å². The summed E-state index contributed by atoms with van der Waals surface area (Å²) in [6.45, 7) is 8.22. The maximum Gasteiger partial charge on any atom is 0.410 e. The van der Waals surface area contributed by atoms with Crippen molar-refractivity contribution in [3.05, 3.63) is 0 Å². The second-order valence-corrected chi connectivity index (χ2v) is 6.26. The fourth-order valence-corrected chi connectivity index (χ4v) is 2.12. The number of ketones is 1. The highest BCUT2D eigenvalue weighted by atomic mass is 16.6. The van der Waals surface area contributed by atoms with Gasteiger partial charge in [0.25, 0.3) is 0 Å². The third-order valence-electron chi connectivity index (χ3n) is 3.12. The number of hydrogen-bond acceptors (Lipinski definition) is 4. The van der Waals surface area contributed by atoms with Gasteiger partial charge in [0.1, 0.15) is 11.0 Å². The Hall–Kier alpha value is -1.59. The smallest absolute Gasteiger partial charge is 0.410 e. The second kappa shape index (κ2) is 4.83. The lowest BCUT2D eigenvalue weighted by atomic mass is 9.76. The number of nitrogens with zero attached hydrogens (tertiary/aromatic N) is 1. The zero-order valence-corrected chi connectivity index (χ0v) is 12.0. The number of carboxylic acids is 1. The van der Waals surface area contributed by atoms with Crippen LogP contribution in [0, 0.1) is 11.3 Å². The predicted octanol–water partition coefficient (Wildman–Crippen LogP) is 1.53. The van der Waals surface area contributed by atoms with Crippen LogP contribution < -0.4 is 0 Å². The lowest BCUT2D eigenvalue weighted by molar-refractivity contribution is -0.159. The van der Waals surface area contributed by atoms with Crippen LogP contribution in [0.25, 0.3) is 0 Å². The van der Waals surface area contributed by atoms with Gasteiger partial charge in [0.2, 0.25) is 0 Å². The zero-order chi connectivity index (χ0) is 15.0. The van der Waals surface area contributed by atoms with Crippen LogP contribution in [0.1, 0.15) is 34.6 Å². The molecule has 19 heavy (non-hydrogen) atoms. The molecule has 0 saturated carbocycles. The van der Waals surface area contributed by atoms with E-state index in [9.17, 15) is 19.5 Å². The minimum Gasteiger partial charge on any atom is -0.480 e. The van der Waals surface area contributed by atoms with Gasteiger partial charge in [-0.2, -0.15) is 0 Å². The van der Waals surface area contributed by atoms with Crippen molar-refractivity contribution >= 4 is 17.8 Å². The quantitative estimate of drug-likeness (QED) is 0.731. The van der Waals surface area contributed by atoms with Crippen molar-refractivity contribution in [2.24, 2.45) is 11.3 Å². The first-order valence-corrected chi connectivity index (χ1v) is 6.23. The Kier molecular flexibility index (Phi) is 3.93. The van der Waals surface area contributed by atoms with Crippen molar-refractivity contribution < 1.29 is 24.2 Å². The van der Waals surface area contributed by atoms with Gasteiger partial charge in [-0.25, -0.2) is 4.79 Å². The summed E-state index contributed by atoms with van der Waals surface area (Å²) in [7, 11) is 0. The summed E-state index contributed by atoms with van der Waals surface area (Å²) < 4.78 is 5.22. The van der Waals surface area contributed by atoms with E-state index in [1.165, 1.54) is 11.8 Å².